The monoisotopic (exact) mass is 298 g/mol. The molecule has 8 heteroatoms. The van der Waals surface area contributed by atoms with Crippen LogP contribution in [-0.4, -0.2) is 40.4 Å². The molecular weight excluding hydrogens is 280 g/mol. The van der Waals surface area contributed by atoms with E-state index < -0.39 is 0 Å². The summed E-state index contributed by atoms with van der Waals surface area (Å²) in [5, 5.41) is 0.525. The van der Waals surface area contributed by atoms with Crippen molar-refractivity contribution in [1.29, 1.82) is 0 Å². The third-order valence-electron chi connectivity index (χ3n) is 3.10. The second-order valence-corrected chi connectivity index (χ2v) is 5.68. The lowest BCUT2D eigenvalue weighted by molar-refractivity contribution is -0.141. The third-order valence-corrected chi connectivity index (χ3v) is 4.29. The average Bonchev–Trinajstić information content (AvgIpc) is 3.16. The molecule has 0 amide bonds. The zero-order chi connectivity index (χ0) is 14.6. The van der Waals surface area contributed by atoms with Gasteiger partial charge in [-0.3, -0.25) is 4.79 Å². The van der Waals surface area contributed by atoms with Crippen LogP contribution in [0.4, 0.5) is 5.95 Å². The Morgan fingerprint density at radius 3 is 2.75 bits per heavy atom. The summed E-state index contributed by atoms with van der Waals surface area (Å²) in [5.41, 5.74) is 5.64. The van der Waals surface area contributed by atoms with E-state index in [9.17, 15) is 4.79 Å². The summed E-state index contributed by atoms with van der Waals surface area (Å²) in [6, 6.07) is 0.236. The van der Waals surface area contributed by atoms with E-state index in [1.807, 2.05) is 6.92 Å². The summed E-state index contributed by atoms with van der Waals surface area (Å²) in [5.74, 6) is 0.731. The molecule has 1 aromatic heterocycles. The number of nitrogens with zero attached hydrogens (tertiary/aromatic N) is 3. The van der Waals surface area contributed by atoms with Crippen molar-refractivity contribution in [1.82, 2.24) is 15.0 Å². The van der Waals surface area contributed by atoms with Gasteiger partial charge in [0, 0.05) is 5.75 Å². The van der Waals surface area contributed by atoms with Gasteiger partial charge in [-0.05, 0) is 25.2 Å². The van der Waals surface area contributed by atoms with E-state index in [0.717, 1.165) is 18.6 Å². The lowest BCUT2D eigenvalue weighted by atomic mass is 10.1. The van der Waals surface area contributed by atoms with Gasteiger partial charge in [-0.2, -0.15) is 15.0 Å². The van der Waals surface area contributed by atoms with Crippen molar-refractivity contribution in [3.63, 3.8) is 0 Å². The van der Waals surface area contributed by atoms with Crippen molar-refractivity contribution in [3.05, 3.63) is 0 Å². The van der Waals surface area contributed by atoms with Crippen molar-refractivity contribution < 1.29 is 14.3 Å². The zero-order valence-corrected chi connectivity index (χ0v) is 12.4. The maximum Gasteiger partial charge on any atom is 0.322 e. The summed E-state index contributed by atoms with van der Waals surface area (Å²) < 4.78 is 9.95. The Morgan fingerprint density at radius 2 is 2.15 bits per heavy atom. The maximum absolute atomic E-state index is 11.4. The lowest BCUT2D eigenvalue weighted by Crippen LogP contribution is -2.13. The van der Waals surface area contributed by atoms with Crippen molar-refractivity contribution in [2.24, 2.45) is 5.41 Å². The number of carbonyl (C=O) groups excluding carboxylic acids is 1. The molecule has 1 aliphatic carbocycles. The van der Waals surface area contributed by atoms with E-state index in [2.05, 4.69) is 15.0 Å². The highest BCUT2D eigenvalue weighted by molar-refractivity contribution is 7.99. The number of esters is 1. The highest BCUT2D eigenvalue weighted by Crippen LogP contribution is 2.51. The van der Waals surface area contributed by atoms with Gasteiger partial charge in [0.1, 0.15) is 0 Å². The molecule has 0 unspecified atom stereocenters. The average molecular weight is 298 g/mol. The Hall–Kier alpha value is -1.57. The summed E-state index contributed by atoms with van der Waals surface area (Å²) in [4.78, 5) is 23.5. The molecule has 2 rings (SSSR count). The molecule has 2 N–H and O–H groups in total. The van der Waals surface area contributed by atoms with Gasteiger partial charge in [-0.25, -0.2) is 0 Å². The van der Waals surface area contributed by atoms with Crippen molar-refractivity contribution in [2.45, 2.75) is 31.3 Å². The lowest BCUT2D eigenvalue weighted by Gasteiger charge is -2.12. The van der Waals surface area contributed by atoms with Gasteiger partial charge < -0.3 is 15.2 Å². The third kappa shape index (κ3) is 3.96. The summed E-state index contributed by atoms with van der Waals surface area (Å²) in [6.07, 6.45) is 2.48. The van der Waals surface area contributed by atoms with Crippen LogP contribution in [-0.2, 0) is 9.53 Å². The standard InChI is InChI=1S/C12H18N4O3S/c1-3-19-10-14-9(13)15-11(16-10)20-7-12(4-5-12)6-8(17)18-2/h3-7H2,1-2H3,(H2,13,14,15,16). The molecule has 1 aliphatic rings. The Bertz CT molecular complexity index is 494. The molecule has 1 heterocycles. The molecule has 1 aromatic rings. The smallest absolute Gasteiger partial charge is 0.322 e. The van der Waals surface area contributed by atoms with E-state index in [1.165, 1.54) is 18.9 Å². The largest absolute Gasteiger partial charge is 0.469 e. The van der Waals surface area contributed by atoms with Crippen LogP contribution in [0.3, 0.4) is 0 Å². The molecule has 0 atom stereocenters. The molecule has 20 heavy (non-hydrogen) atoms. The van der Waals surface area contributed by atoms with Gasteiger partial charge in [0.15, 0.2) is 5.16 Å². The molecule has 0 aliphatic heterocycles. The minimum absolute atomic E-state index is 0.0188. The van der Waals surface area contributed by atoms with Crippen LogP contribution in [0.1, 0.15) is 26.2 Å². The first kappa shape index (κ1) is 14.8. The minimum Gasteiger partial charge on any atom is -0.469 e. The predicted molar refractivity (Wildman–Crippen MR) is 74.4 cm³/mol. The molecule has 1 fully saturated rings. The topological polar surface area (TPSA) is 100 Å². The maximum atomic E-state index is 11.4. The Balaban J connectivity index is 1.95. The first-order valence-electron chi connectivity index (χ1n) is 6.41. The van der Waals surface area contributed by atoms with Gasteiger partial charge >= 0.3 is 12.0 Å². The molecule has 0 saturated heterocycles. The van der Waals surface area contributed by atoms with Crippen LogP contribution in [0.25, 0.3) is 0 Å². The molecular formula is C12H18N4O3S. The Kier molecular flexibility index (Phi) is 4.64. The van der Waals surface area contributed by atoms with Crippen LogP contribution >= 0.6 is 11.8 Å². The number of rotatable bonds is 7. The number of nitrogens with two attached hydrogens (primary N) is 1. The Morgan fingerprint density at radius 1 is 1.40 bits per heavy atom. The molecule has 0 radical (unpaired) electrons. The second kappa shape index (κ2) is 6.25. The van der Waals surface area contributed by atoms with E-state index in [4.69, 9.17) is 15.2 Å². The van der Waals surface area contributed by atoms with Crippen molar-refractivity contribution in [3.8, 4) is 6.01 Å². The minimum atomic E-state index is -0.173. The fourth-order valence-corrected chi connectivity index (χ4v) is 2.88. The van der Waals surface area contributed by atoms with Gasteiger partial charge in [0.2, 0.25) is 5.95 Å². The number of nitrogen functional groups attached to an aromatic ring is 1. The molecule has 110 valence electrons. The van der Waals surface area contributed by atoms with Gasteiger partial charge in [0.25, 0.3) is 0 Å². The van der Waals surface area contributed by atoms with Crippen LogP contribution in [0.5, 0.6) is 6.01 Å². The van der Waals surface area contributed by atoms with E-state index in [1.54, 1.807) is 0 Å². The fourth-order valence-electron chi connectivity index (χ4n) is 1.76. The molecule has 7 nitrogen and oxygen atoms in total. The number of hydrogen-bond acceptors (Lipinski definition) is 8. The molecule has 0 aromatic carbocycles. The number of carbonyl (C=O) groups is 1. The molecule has 1 saturated carbocycles. The SMILES string of the molecule is CCOc1nc(N)nc(SCC2(CC(=O)OC)CC2)n1. The van der Waals surface area contributed by atoms with Crippen LogP contribution in [0.2, 0.25) is 0 Å². The number of anilines is 1. The predicted octanol–water partition coefficient (Wildman–Crippen LogP) is 1.29. The summed E-state index contributed by atoms with van der Waals surface area (Å²) in [6.45, 7) is 2.32. The fraction of sp³-hybridized carbons (Fsp3) is 0.667. The van der Waals surface area contributed by atoms with Crippen molar-refractivity contribution in [2.75, 3.05) is 25.2 Å². The normalized spacial score (nSPS) is 15.7. The van der Waals surface area contributed by atoms with E-state index >= 15 is 0 Å². The van der Waals surface area contributed by atoms with E-state index in [-0.39, 0.29) is 23.3 Å². The quantitative estimate of drug-likeness (QED) is 0.593. The highest BCUT2D eigenvalue weighted by atomic mass is 32.2. The number of aromatic nitrogens is 3. The van der Waals surface area contributed by atoms with Gasteiger partial charge in [-0.15, -0.1) is 0 Å². The van der Waals surface area contributed by atoms with Crippen LogP contribution in [0.15, 0.2) is 5.16 Å². The second-order valence-electron chi connectivity index (χ2n) is 4.73. The number of hydrogen-bond donors (Lipinski definition) is 1. The molecule has 0 bridgehead atoms. The number of thioether (sulfide) groups is 1. The zero-order valence-electron chi connectivity index (χ0n) is 11.6. The van der Waals surface area contributed by atoms with Crippen LogP contribution < -0.4 is 10.5 Å². The number of methoxy groups -OCH3 is 1. The van der Waals surface area contributed by atoms with E-state index in [0.29, 0.717) is 18.2 Å². The summed E-state index contributed by atoms with van der Waals surface area (Å²) >= 11 is 1.47. The highest BCUT2D eigenvalue weighted by Gasteiger charge is 2.44. The first-order valence-corrected chi connectivity index (χ1v) is 7.39. The summed E-state index contributed by atoms with van der Waals surface area (Å²) in [7, 11) is 1.41. The number of ether oxygens (including phenoxy) is 2. The van der Waals surface area contributed by atoms with Gasteiger partial charge in [0.05, 0.1) is 20.1 Å². The first-order chi connectivity index (χ1) is 9.57. The van der Waals surface area contributed by atoms with Crippen molar-refractivity contribution >= 4 is 23.7 Å². The van der Waals surface area contributed by atoms with Gasteiger partial charge in [-0.1, -0.05) is 11.8 Å². The Labute approximate surface area is 121 Å². The molecule has 0 spiro atoms. The van der Waals surface area contributed by atoms with Crippen LogP contribution in [0, 0.1) is 5.41 Å².